The van der Waals surface area contributed by atoms with Gasteiger partial charge in [-0.05, 0) is 69.9 Å². The van der Waals surface area contributed by atoms with Gasteiger partial charge in [0.2, 0.25) is 0 Å². The first-order valence-electron chi connectivity index (χ1n) is 7.87. The first-order valence-corrected chi connectivity index (χ1v) is 7.87. The number of rotatable bonds is 6. The third-order valence-corrected chi connectivity index (χ3v) is 4.49. The van der Waals surface area contributed by atoms with E-state index < -0.39 is 0 Å². The molecule has 21 heavy (non-hydrogen) atoms. The summed E-state index contributed by atoms with van der Waals surface area (Å²) in [5, 5.41) is 3.23. The molecular weight excluding hydrogens is 287 g/mol. The summed E-state index contributed by atoms with van der Waals surface area (Å²) >= 11 is 0. The maximum atomic E-state index is 14.0. The second-order valence-corrected chi connectivity index (χ2v) is 5.84. The lowest BCUT2D eigenvalue weighted by Crippen LogP contribution is -2.34. The average Bonchev–Trinajstić information content (AvgIpc) is 2.48. The van der Waals surface area contributed by atoms with E-state index in [-0.39, 0.29) is 18.2 Å². The van der Waals surface area contributed by atoms with E-state index >= 15 is 0 Å². The zero-order valence-corrected chi connectivity index (χ0v) is 14.0. The Bertz CT molecular complexity index is 417. The third-order valence-electron chi connectivity index (χ3n) is 4.49. The minimum Gasteiger partial charge on any atom is -0.320 e. The minimum atomic E-state index is -0.0401. The van der Waals surface area contributed by atoms with Crippen molar-refractivity contribution in [1.29, 1.82) is 0 Å². The number of piperidine rings is 1. The number of hydrogen-bond acceptors (Lipinski definition) is 2. The third kappa shape index (κ3) is 5.24. The Kier molecular flexibility index (Phi) is 8.23. The molecule has 1 aliphatic rings. The molecule has 1 aromatic rings. The molecule has 4 heteroatoms. The Morgan fingerprint density at radius 1 is 1.29 bits per heavy atom. The number of likely N-dealkylation sites (tertiary alicyclic amines) is 1. The summed E-state index contributed by atoms with van der Waals surface area (Å²) in [5.41, 5.74) is 2.06. The summed E-state index contributed by atoms with van der Waals surface area (Å²) in [6.45, 7) is 6.19. The van der Waals surface area contributed by atoms with E-state index in [2.05, 4.69) is 23.2 Å². The topological polar surface area (TPSA) is 15.3 Å². The van der Waals surface area contributed by atoms with Gasteiger partial charge in [0.1, 0.15) is 5.82 Å². The van der Waals surface area contributed by atoms with Crippen LogP contribution < -0.4 is 5.32 Å². The molecule has 0 aromatic heterocycles. The van der Waals surface area contributed by atoms with Crippen molar-refractivity contribution in [2.24, 2.45) is 5.92 Å². The molecule has 1 N–H and O–H groups in total. The highest BCUT2D eigenvalue weighted by Gasteiger charge is 2.20. The van der Waals surface area contributed by atoms with E-state index in [1.165, 1.54) is 19.3 Å². The van der Waals surface area contributed by atoms with Crippen LogP contribution in [0.2, 0.25) is 0 Å². The molecule has 0 spiro atoms. The highest BCUT2D eigenvalue weighted by atomic mass is 35.5. The van der Waals surface area contributed by atoms with Crippen LogP contribution in [0.15, 0.2) is 18.2 Å². The molecule has 1 aromatic carbocycles. The molecule has 0 saturated carbocycles. The highest BCUT2D eigenvalue weighted by molar-refractivity contribution is 5.85. The summed E-state index contributed by atoms with van der Waals surface area (Å²) in [6, 6.07) is 5.47. The van der Waals surface area contributed by atoms with Crippen molar-refractivity contribution >= 4 is 12.4 Å². The Labute approximate surface area is 134 Å². The fourth-order valence-corrected chi connectivity index (χ4v) is 3.12. The number of benzene rings is 1. The van der Waals surface area contributed by atoms with Crippen molar-refractivity contribution in [2.75, 3.05) is 26.7 Å². The quantitative estimate of drug-likeness (QED) is 0.862. The van der Waals surface area contributed by atoms with Gasteiger partial charge in [0.05, 0.1) is 0 Å². The van der Waals surface area contributed by atoms with Crippen LogP contribution in [-0.2, 0) is 13.0 Å². The van der Waals surface area contributed by atoms with Crippen molar-refractivity contribution in [3.63, 3.8) is 0 Å². The van der Waals surface area contributed by atoms with Crippen LogP contribution in [0.1, 0.15) is 37.3 Å². The molecular formula is C17H28ClFN2. The monoisotopic (exact) mass is 314 g/mol. The van der Waals surface area contributed by atoms with Gasteiger partial charge < -0.3 is 5.32 Å². The second kappa shape index (κ2) is 9.39. The Balaban J connectivity index is 0.00000220. The molecule has 1 saturated heterocycles. The standard InChI is InChI=1S/C17H27FN2.ClH/c1-3-15-5-4-6-17(18)16(15)13-20-11-8-14(9-12-20)7-10-19-2;/h4-6,14,19H,3,7-13H2,1-2H3;1H. The SMILES string of the molecule is CCc1cccc(F)c1CN1CCC(CCNC)CC1.Cl. The van der Waals surface area contributed by atoms with Gasteiger partial charge in [0.25, 0.3) is 0 Å². The Hall–Kier alpha value is -0.640. The van der Waals surface area contributed by atoms with Gasteiger partial charge in [0.15, 0.2) is 0 Å². The fraction of sp³-hybridized carbons (Fsp3) is 0.647. The van der Waals surface area contributed by atoms with Gasteiger partial charge >= 0.3 is 0 Å². The van der Waals surface area contributed by atoms with Crippen molar-refractivity contribution in [3.8, 4) is 0 Å². The molecule has 0 atom stereocenters. The summed E-state index contributed by atoms with van der Waals surface area (Å²) in [7, 11) is 2.01. The second-order valence-electron chi connectivity index (χ2n) is 5.84. The maximum absolute atomic E-state index is 14.0. The number of nitrogens with zero attached hydrogens (tertiary/aromatic N) is 1. The fourth-order valence-electron chi connectivity index (χ4n) is 3.12. The van der Waals surface area contributed by atoms with Crippen molar-refractivity contribution in [3.05, 3.63) is 35.1 Å². The number of aryl methyl sites for hydroxylation is 1. The Morgan fingerprint density at radius 3 is 2.62 bits per heavy atom. The molecule has 0 unspecified atom stereocenters. The Morgan fingerprint density at radius 2 is 2.00 bits per heavy atom. The molecule has 120 valence electrons. The molecule has 2 nitrogen and oxygen atoms in total. The van der Waals surface area contributed by atoms with E-state index in [4.69, 9.17) is 0 Å². The largest absolute Gasteiger partial charge is 0.320 e. The average molecular weight is 315 g/mol. The molecule has 0 amide bonds. The van der Waals surface area contributed by atoms with Crippen LogP contribution in [0, 0.1) is 11.7 Å². The van der Waals surface area contributed by atoms with Gasteiger partial charge in [0, 0.05) is 12.1 Å². The van der Waals surface area contributed by atoms with Crippen LogP contribution in [0.25, 0.3) is 0 Å². The van der Waals surface area contributed by atoms with E-state index in [9.17, 15) is 4.39 Å². The van der Waals surface area contributed by atoms with E-state index in [1.807, 2.05) is 13.1 Å². The predicted molar refractivity (Wildman–Crippen MR) is 89.6 cm³/mol. The molecule has 1 aliphatic heterocycles. The maximum Gasteiger partial charge on any atom is 0.127 e. The van der Waals surface area contributed by atoms with Crippen molar-refractivity contribution in [1.82, 2.24) is 10.2 Å². The number of halogens is 2. The molecule has 0 radical (unpaired) electrons. The van der Waals surface area contributed by atoms with E-state index in [0.717, 1.165) is 49.6 Å². The summed E-state index contributed by atoms with van der Waals surface area (Å²) in [5.74, 6) is 0.798. The van der Waals surface area contributed by atoms with Crippen molar-refractivity contribution in [2.45, 2.75) is 39.2 Å². The highest BCUT2D eigenvalue weighted by Crippen LogP contribution is 2.23. The lowest BCUT2D eigenvalue weighted by Gasteiger charge is -2.32. The van der Waals surface area contributed by atoms with E-state index in [0.29, 0.717) is 0 Å². The first-order chi connectivity index (χ1) is 9.74. The van der Waals surface area contributed by atoms with Crippen molar-refractivity contribution < 1.29 is 4.39 Å². The summed E-state index contributed by atoms with van der Waals surface area (Å²) in [6.07, 6.45) is 4.67. The van der Waals surface area contributed by atoms with Crippen LogP contribution in [-0.4, -0.2) is 31.6 Å². The first kappa shape index (κ1) is 18.4. The number of nitrogens with one attached hydrogen (secondary N) is 1. The summed E-state index contributed by atoms with van der Waals surface area (Å²) in [4.78, 5) is 2.41. The smallest absolute Gasteiger partial charge is 0.127 e. The van der Waals surface area contributed by atoms with Crippen LogP contribution in [0.4, 0.5) is 4.39 Å². The lowest BCUT2D eigenvalue weighted by atomic mass is 9.93. The minimum absolute atomic E-state index is 0. The van der Waals surface area contributed by atoms with Gasteiger partial charge in [-0.3, -0.25) is 4.90 Å². The molecule has 2 rings (SSSR count). The predicted octanol–water partition coefficient (Wildman–Crippen LogP) is 3.63. The summed E-state index contributed by atoms with van der Waals surface area (Å²) < 4.78 is 14.0. The van der Waals surface area contributed by atoms with Gasteiger partial charge in [-0.15, -0.1) is 12.4 Å². The number of hydrogen-bond donors (Lipinski definition) is 1. The van der Waals surface area contributed by atoms with Gasteiger partial charge in [-0.1, -0.05) is 19.1 Å². The molecule has 0 bridgehead atoms. The normalized spacial score (nSPS) is 16.7. The molecule has 1 fully saturated rings. The molecule has 0 aliphatic carbocycles. The van der Waals surface area contributed by atoms with Gasteiger partial charge in [-0.25, -0.2) is 4.39 Å². The van der Waals surface area contributed by atoms with Crippen LogP contribution in [0.5, 0.6) is 0 Å². The lowest BCUT2D eigenvalue weighted by molar-refractivity contribution is 0.170. The van der Waals surface area contributed by atoms with Gasteiger partial charge in [-0.2, -0.15) is 0 Å². The molecule has 1 heterocycles. The van der Waals surface area contributed by atoms with Crippen LogP contribution >= 0.6 is 12.4 Å². The zero-order chi connectivity index (χ0) is 14.4. The van der Waals surface area contributed by atoms with E-state index in [1.54, 1.807) is 6.07 Å². The zero-order valence-electron chi connectivity index (χ0n) is 13.2. The van der Waals surface area contributed by atoms with Crippen LogP contribution in [0.3, 0.4) is 0 Å².